The molecule has 1 aromatic heterocycles. The highest BCUT2D eigenvalue weighted by molar-refractivity contribution is 5.92. The van der Waals surface area contributed by atoms with Gasteiger partial charge in [-0.05, 0) is 24.5 Å². The Morgan fingerprint density at radius 2 is 2.26 bits per heavy atom. The first-order valence-corrected chi connectivity index (χ1v) is 6.65. The molecule has 0 radical (unpaired) electrons. The number of methoxy groups -OCH3 is 1. The molecule has 19 heavy (non-hydrogen) atoms. The predicted octanol–water partition coefficient (Wildman–Crippen LogP) is 1.92. The van der Waals surface area contributed by atoms with Crippen LogP contribution < -0.4 is 10.6 Å². The molecule has 1 aromatic rings. The van der Waals surface area contributed by atoms with Crippen molar-refractivity contribution in [2.24, 2.45) is 5.92 Å². The summed E-state index contributed by atoms with van der Waals surface area (Å²) in [5.74, 6) is 0.873. The van der Waals surface area contributed by atoms with Crippen molar-refractivity contribution in [1.29, 1.82) is 0 Å². The number of ether oxygens (including phenoxy) is 1. The molecule has 1 rings (SSSR count). The zero-order chi connectivity index (χ0) is 14.1. The van der Waals surface area contributed by atoms with Crippen molar-refractivity contribution >= 4 is 11.7 Å². The Balaban J connectivity index is 2.51. The van der Waals surface area contributed by atoms with E-state index in [0.29, 0.717) is 18.8 Å². The Kier molecular flexibility index (Phi) is 6.89. The molecule has 5 nitrogen and oxygen atoms in total. The van der Waals surface area contributed by atoms with E-state index >= 15 is 0 Å². The second-order valence-electron chi connectivity index (χ2n) is 4.61. The number of anilines is 1. The highest BCUT2D eigenvalue weighted by atomic mass is 16.5. The first-order chi connectivity index (χ1) is 9.17. The smallest absolute Gasteiger partial charge is 0.269 e. The second kappa shape index (κ2) is 8.48. The van der Waals surface area contributed by atoms with Crippen LogP contribution >= 0.6 is 0 Å². The number of carbonyl (C=O) groups excluding carboxylic acids is 1. The molecule has 0 bridgehead atoms. The summed E-state index contributed by atoms with van der Waals surface area (Å²) in [6.45, 7) is 6.17. The average molecular weight is 265 g/mol. The molecule has 0 spiro atoms. The van der Waals surface area contributed by atoms with Crippen LogP contribution in [0.2, 0.25) is 0 Å². The highest BCUT2D eigenvalue weighted by Crippen LogP contribution is 2.05. The van der Waals surface area contributed by atoms with E-state index < -0.39 is 0 Å². The van der Waals surface area contributed by atoms with Crippen LogP contribution in [0.3, 0.4) is 0 Å². The van der Waals surface area contributed by atoms with Gasteiger partial charge in [-0.15, -0.1) is 0 Å². The van der Waals surface area contributed by atoms with Crippen LogP contribution in [0, 0.1) is 5.92 Å². The van der Waals surface area contributed by atoms with Gasteiger partial charge in [0.2, 0.25) is 0 Å². The molecule has 106 valence electrons. The van der Waals surface area contributed by atoms with E-state index in [1.165, 1.54) is 0 Å². The van der Waals surface area contributed by atoms with Gasteiger partial charge in [-0.2, -0.15) is 0 Å². The van der Waals surface area contributed by atoms with E-state index in [-0.39, 0.29) is 11.8 Å². The number of nitrogens with one attached hydrogen (secondary N) is 2. The minimum Gasteiger partial charge on any atom is -0.384 e. The number of pyridine rings is 1. The van der Waals surface area contributed by atoms with Crippen molar-refractivity contribution < 1.29 is 9.53 Å². The molecule has 0 aliphatic rings. The summed E-state index contributed by atoms with van der Waals surface area (Å²) in [7, 11) is 1.66. The largest absolute Gasteiger partial charge is 0.384 e. The number of hydrogen-bond acceptors (Lipinski definition) is 4. The second-order valence-corrected chi connectivity index (χ2v) is 4.61. The van der Waals surface area contributed by atoms with Crippen molar-refractivity contribution in [3.8, 4) is 0 Å². The minimum atomic E-state index is -0.150. The fraction of sp³-hybridized carbons (Fsp3) is 0.571. The van der Waals surface area contributed by atoms with Crippen molar-refractivity contribution in [3.63, 3.8) is 0 Å². The Morgan fingerprint density at radius 1 is 1.47 bits per heavy atom. The maximum atomic E-state index is 11.9. The van der Waals surface area contributed by atoms with Gasteiger partial charge in [0, 0.05) is 20.2 Å². The molecule has 0 fully saturated rings. The van der Waals surface area contributed by atoms with Gasteiger partial charge < -0.3 is 15.4 Å². The molecule has 5 heteroatoms. The van der Waals surface area contributed by atoms with E-state index in [4.69, 9.17) is 4.74 Å². The molecule has 0 saturated carbocycles. The molecule has 1 amide bonds. The van der Waals surface area contributed by atoms with E-state index in [1.54, 1.807) is 13.2 Å². The Morgan fingerprint density at radius 3 is 2.95 bits per heavy atom. The summed E-state index contributed by atoms with van der Waals surface area (Å²) in [5, 5.41) is 6.02. The molecule has 0 saturated heterocycles. The van der Waals surface area contributed by atoms with Crippen molar-refractivity contribution in [1.82, 2.24) is 10.3 Å². The number of hydrogen-bond donors (Lipinski definition) is 2. The normalized spacial score (nSPS) is 11.9. The van der Waals surface area contributed by atoms with Crippen LogP contribution in [0.1, 0.15) is 30.8 Å². The lowest BCUT2D eigenvalue weighted by atomic mass is 10.2. The van der Waals surface area contributed by atoms with E-state index in [0.717, 1.165) is 18.8 Å². The lowest BCUT2D eigenvalue weighted by Gasteiger charge is -2.11. The molecule has 1 atom stereocenters. The predicted molar refractivity (Wildman–Crippen MR) is 76.4 cm³/mol. The fourth-order valence-electron chi connectivity index (χ4n) is 1.61. The lowest BCUT2D eigenvalue weighted by Crippen LogP contribution is -2.30. The highest BCUT2D eigenvalue weighted by Gasteiger charge is 2.09. The quantitative estimate of drug-likeness (QED) is 0.753. The number of rotatable bonds is 8. The van der Waals surface area contributed by atoms with E-state index in [1.807, 2.05) is 19.1 Å². The molecular formula is C14H23N3O2. The molecule has 0 aliphatic carbocycles. The summed E-state index contributed by atoms with van der Waals surface area (Å²) in [4.78, 5) is 16.2. The number of amides is 1. The van der Waals surface area contributed by atoms with Crippen LogP contribution in [-0.2, 0) is 4.74 Å². The summed E-state index contributed by atoms with van der Waals surface area (Å²) >= 11 is 0. The van der Waals surface area contributed by atoms with Gasteiger partial charge in [0.1, 0.15) is 11.5 Å². The van der Waals surface area contributed by atoms with Gasteiger partial charge in [0.15, 0.2) is 0 Å². The van der Waals surface area contributed by atoms with Crippen LogP contribution in [0.25, 0.3) is 0 Å². The zero-order valence-electron chi connectivity index (χ0n) is 11.9. The van der Waals surface area contributed by atoms with Gasteiger partial charge in [-0.25, -0.2) is 4.98 Å². The Bertz CT molecular complexity index is 396. The summed E-state index contributed by atoms with van der Waals surface area (Å²) in [6.07, 6.45) is 1.02. The molecule has 0 aromatic carbocycles. The molecular weight excluding hydrogens is 242 g/mol. The standard InChI is InChI=1S/C14H23N3O2/c1-4-8-15-13-7-5-6-12(17-13)14(18)16-9-11(2)10-19-3/h5-7,11H,4,8-10H2,1-3H3,(H,15,17)(H,16,18). The number of nitrogens with zero attached hydrogens (tertiary/aromatic N) is 1. The van der Waals surface area contributed by atoms with Crippen molar-refractivity contribution in [2.45, 2.75) is 20.3 Å². The molecule has 0 aliphatic heterocycles. The average Bonchev–Trinajstić information content (AvgIpc) is 2.43. The van der Waals surface area contributed by atoms with Gasteiger partial charge >= 0.3 is 0 Å². The van der Waals surface area contributed by atoms with E-state index in [2.05, 4.69) is 22.5 Å². The third-order valence-corrected chi connectivity index (χ3v) is 2.60. The molecule has 1 unspecified atom stereocenters. The van der Waals surface area contributed by atoms with Crippen LogP contribution in [0.4, 0.5) is 5.82 Å². The van der Waals surface area contributed by atoms with Gasteiger partial charge in [-0.3, -0.25) is 4.79 Å². The minimum absolute atomic E-state index is 0.150. The molecule has 2 N–H and O–H groups in total. The van der Waals surface area contributed by atoms with Crippen LogP contribution in [0.5, 0.6) is 0 Å². The first-order valence-electron chi connectivity index (χ1n) is 6.65. The maximum Gasteiger partial charge on any atom is 0.269 e. The third-order valence-electron chi connectivity index (χ3n) is 2.60. The summed E-state index contributed by atoms with van der Waals surface area (Å²) in [6, 6.07) is 5.41. The Hall–Kier alpha value is -1.62. The topological polar surface area (TPSA) is 63.2 Å². The summed E-state index contributed by atoms with van der Waals surface area (Å²) < 4.78 is 5.03. The summed E-state index contributed by atoms with van der Waals surface area (Å²) in [5.41, 5.74) is 0.436. The molecule has 1 heterocycles. The maximum absolute atomic E-state index is 11.9. The number of carbonyl (C=O) groups is 1. The first kappa shape index (κ1) is 15.4. The third kappa shape index (κ3) is 5.70. The zero-order valence-corrected chi connectivity index (χ0v) is 11.9. The van der Waals surface area contributed by atoms with Gasteiger partial charge in [0.05, 0.1) is 6.61 Å². The lowest BCUT2D eigenvalue weighted by molar-refractivity contribution is 0.0929. The van der Waals surface area contributed by atoms with Crippen molar-refractivity contribution in [3.05, 3.63) is 23.9 Å². The Labute approximate surface area is 114 Å². The van der Waals surface area contributed by atoms with Crippen LogP contribution in [0.15, 0.2) is 18.2 Å². The van der Waals surface area contributed by atoms with Crippen molar-refractivity contribution in [2.75, 3.05) is 32.1 Å². The monoisotopic (exact) mass is 265 g/mol. The number of aromatic nitrogens is 1. The fourth-order valence-corrected chi connectivity index (χ4v) is 1.61. The van der Waals surface area contributed by atoms with E-state index in [9.17, 15) is 4.79 Å². The van der Waals surface area contributed by atoms with Crippen LogP contribution in [-0.4, -0.2) is 37.7 Å². The van der Waals surface area contributed by atoms with Gasteiger partial charge in [0.25, 0.3) is 5.91 Å². The van der Waals surface area contributed by atoms with Gasteiger partial charge in [-0.1, -0.05) is 19.9 Å². The SMILES string of the molecule is CCCNc1cccc(C(=O)NCC(C)COC)n1.